The molecule has 10 heteroatoms. The predicted octanol–water partition coefficient (Wildman–Crippen LogP) is -0.0648. The van der Waals surface area contributed by atoms with Crippen molar-refractivity contribution in [1.82, 2.24) is 5.32 Å². The summed E-state index contributed by atoms with van der Waals surface area (Å²) in [5, 5.41) is 30.6. The summed E-state index contributed by atoms with van der Waals surface area (Å²) in [7, 11) is 0. The Kier molecular flexibility index (Phi) is 7.36. The molecule has 0 aliphatic carbocycles. The first-order chi connectivity index (χ1) is 13.4. The van der Waals surface area contributed by atoms with Crippen LogP contribution in [-0.4, -0.2) is 64.8 Å². The zero-order chi connectivity index (χ0) is 20.7. The summed E-state index contributed by atoms with van der Waals surface area (Å²) in [6, 6.07) is 7.72. The second kappa shape index (κ2) is 9.72. The fourth-order valence-electron chi connectivity index (χ4n) is 2.46. The van der Waals surface area contributed by atoms with E-state index >= 15 is 0 Å². The molecule has 10 nitrogen and oxygen atoms in total. The molecule has 1 aliphatic rings. The Labute approximate surface area is 160 Å². The Bertz CT molecular complexity index is 747. The first-order valence-electron chi connectivity index (χ1n) is 8.49. The van der Waals surface area contributed by atoms with E-state index in [0.717, 1.165) is 5.56 Å². The van der Waals surface area contributed by atoms with Gasteiger partial charge in [0.15, 0.2) is 11.9 Å². The zero-order valence-electron chi connectivity index (χ0n) is 15.0. The summed E-state index contributed by atoms with van der Waals surface area (Å²) in [6.45, 7) is 0.920. The topological polar surface area (TPSA) is 152 Å². The molecule has 0 saturated carbocycles. The lowest BCUT2D eigenvalue weighted by molar-refractivity contribution is -0.147. The number of hydrogen-bond donors (Lipinski definition) is 4. The fourth-order valence-corrected chi connectivity index (χ4v) is 2.46. The average Bonchev–Trinajstić information content (AvgIpc) is 2.96. The molecule has 0 radical (unpaired) electrons. The Balaban J connectivity index is 2.09. The van der Waals surface area contributed by atoms with Gasteiger partial charge in [-0.05, 0) is 12.5 Å². The van der Waals surface area contributed by atoms with Crippen LogP contribution in [0.5, 0.6) is 0 Å². The second-order valence-electron chi connectivity index (χ2n) is 5.82. The SMILES string of the molecule is CCOC(=O)C(Cc1ccccc1)NC(=O)OC1=C(O)[C@@H]([C@@H](O)CO)OC1=O. The zero-order valence-corrected chi connectivity index (χ0v) is 15.0. The normalized spacial score (nSPS) is 18.2. The van der Waals surface area contributed by atoms with Crippen molar-refractivity contribution >= 4 is 18.0 Å². The van der Waals surface area contributed by atoms with Gasteiger partial charge in [-0.25, -0.2) is 14.4 Å². The minimum absolute atomic E-state index is 0.0971. The van der Waals surface area contributed by atoms with Crippen LogP contribution in [0.3, 0.4) is 0 Å². The van der Waals surface area contributed by atoms with E-state index in [1.165, 1.54) is 0 Å². The van der Waals surface area contributed by atoms with Gasteiger partial charge in [0.25, 0.3) is 5.76 Å². The molecule has 0 spiro atoms. The summed E-state index contributed by atoms with van der Waals surface area (Å²) >= 11 is 0. The molecule has 1 unspecified atom stereocenters. The van der Waals surface area contributed by atoms with Gasteiger partial charge in [0, 0.05) is 6.42 Å². The van der Waals surface area contributed by atoms with Crippen molar-refractivity contribution in [2.45, 2.75) is 31.6 Å². The van der Waals surface area contributed by atoms with Gasteiger partial charge in [-0.3, -0.25) is 0 Å². The van der Waals surface area contributed by atoms with E-state index in [4.69, 9.17) is 14.6 Å². The van der Waals surface area contributed by atoms with Crippen LogP contribution >= 0.6 is 0 Å². The van der Waals surface area contributed by atoms with E-state index in [9.17, 15) is 24.6 Å². The number of benzene rings is 1. The van der Waals surface area contributed by atoms with Gasteiger partial charge in [-0.1, -0.05) is 30.3 Å². The molecule has 0 bridgehead atoms. The van der Waals surface area contributed by atoms with E-state index < -0.39 is 54.4 Å². The van der Waals surface area contributed by atoms with Gasteiger partial charge in [0.05, 0.1) is 13.2 Å². The number of ether oxygens (including phenoxy) is 3. The van der Waals surface area contributed by atoms with Gasteiger partial charge in [-0.2, -0.15) is 0 Å². The molecule has 28 heavy (non-hydrogen) atoms. The quantitative estimate of drug-likeness (QED) is 0.350. The predicted molar refractivity (Wildman–Crippen MR) is 92.8 cm³/mol. The van der Waals surface area contributed by atoms with Crippen molar-refractivity contribution in [3.63, 3.8) is 0 Å². The van der Waals surface area contributed by atoms with Crippen LogP contribution in [0.2, 0.25) is 0 Å². The summed E-state index contributed by atoms with van der Waals surface area (Å²) in [5.74, 6) is -3.57. The summed E-state index contributed by atoms with van der Waals surface area (Å²) < 4.78 is 14.3. The Morgan fingerprint density at radius 2 is 1.96 bits per heavy atom. The molecular formula is C18H21NO9. The van der Waals surface area contributed by atoms with E-state index in [1.54, 1.807) is 37.3 Å². The van der Waals surface area contributed by atoms with Gasteiger partial charge in [0.1, 0.15) is 12.1 Å². The van der Waals surface area contributed by atoms with Crippen molar-refractivity contribution in [3.8, 4) is 0 Å². The lowest BCUT2D eigenvalue weighted by atomic mass is 10.1. The molecule has 152 valence electrons. The molecule has 2 rings (SSSR count). The number of carbonyl (C=O) groups excluding carboxylic acids is 3. The number of alkyl carbamates (subject to hydrolysis) is 1. The van der Waals surface area contributed by atoms with E-state index in [-0.39, 0.29) is 13.0 Å². The average molecular weight is 395 g/mol. The van der Waals surface area contributed by atoms with E-state index in [1.807, 2.05) is 0 Å². The highest BCUT2D eigenvalue weighted by molar-refractivity contribution is 5.93. The summed E-state index contributed by atoms with van der Waals surface area (Å²) in [6.07, 6.45) is -4.23. The maximum atomic E-state index is 12.1. The first-order valence-corrected chi connectivity index (χ1v) is 8.49. The molecule has 1 amide bonds. The third-order valence-corrected chi connectivity index (χ3v) is 3.80. The van der Waals surface area contributed by atoms with Crippen LogP contribution in [0.1, 0.15) is 12.5 Å². The highest BCUT2D eigenvalue weighted by atomic mass is 16.6. The molecule has 4 N–H and O–H groups in total. The summed E-state index contributed by atoms with van der Waals surface area (Å²) in [5.41, 5.74) is 0.745. The second-order valence-corrected chi connectivity index (χ2v) is 5.82. The Hall–Kier alpha value is -3.11. The first kappa shape index (κ1) is 21.2. The fraction of sp³-hybridized carbons (Fsp3) is 0.389. The smallest absolute Gasteiger partial charge is 0.413 e. The maximum Gasteiger partial charge on any atom is 0.413 e. The Morgan fingerprint density at radius 3 is 2.57 bits per heavy atom. The number of aliphatic hydroxyl groups is 3. The minimum atomic E-state index is -1.58. The van der Waals surface area contributed by atoms with Crippen molar-refractivity contribution in [2.24, 2.45) is 0 Å². The molecule has 0 fully saturated rings. The molecular weight excluding hydrogens is 374 g/mol. The van der Waals surface area contributed by atoms with Gasteiger partial charge in [-0.15, -0.1) is 0 Å². The van der Waals surface area contributed by atoms with Crippen LogP contribution in [0.4, 0.5) is 4.79 Å². The van der Waals surface area contributed by atoms with Gasteiger partial charge in [0.2, 0.25) is 0 Å². The molecule has 3 atom stereocenters. The van der Waals surface area contributed by atoms with Crippen LogP contribution in [0.25, 0.3) is 0 Å². The maximum absolute atomic E-state index is 12.1. The van der Waals surface area contributed by atoms with Crippen LogP contribution < -0.4 is 5.32 Å². The standard InChI is InChI=1S/C18H21NO9/c1-2-26-16(23)11(8-10-6-4-3-5-7-10)19-18(25)28-15-13(22)14(12(21)9-20)27-17(15)24/h3-7,11-12,14,20-22H,2,8-9H2,1H3,(H,19,25)/t11?,12-,14+/m0/s1. The lowest BCUT2D eigenvalue weighted by Gasteiger charge is -2.17. The number of amides is 1. The monoisotopic (exact) mass is 395 g/mol. The molecule has 0 saturated heterocycles. The van der Waals surface area contributed by atoms with Gasteiger partial charge >= 0.3 is 18.0 Å². The van der Waals surface area contributed by atoms with Gasteiger partial charge < -0.3 is 34.8 Å². The lowest BCUT2D eigenvalue weighted by Crippen LogP contribution is -2.43. The minimum Gasteiger partial charge on any atom is -0.505 e. The Morgan fingerprint density at radius 1 is 1.29 bits per heavy atom. The molecule has 1 aromatic carbocycles. The highest BCUT2D eigenvalue weighted by Crippen LogP contribution is 2.24. The largest absolute Gasteiger partial charge is 0.505 e. The number of nitrogens with one attached hydrogen (secondary N) is 1. The molecule has 1 aromatic rings. The van der Waals surface area contributed by atoms with E-state index in [2.05, 4.69) is 10.1 Å². The number of cyclic esters (lactones) is 1. The van der Waals surface area contributed by atoms with E-state index in [0.29, 0.717) is 0 Å². The highest BCUT2D eigenvalue weighted by Gasteiger charge is 2.41. The number of carbonyl (C=O) groups is 3. The van der Waals surface area contributed by atoms with Crippen molar-refractivity contribution in [1.29, 1.82) is 0 Å². The molecule has 0 aromatic heterocycles. The van der Waals surface area contributed by atoms with Crippen LogP contribution in [-0.2, 0) is 30.2 Å². The van der Waals surface area contributed by atoms with Crippen LogP contribution in [0, 0.1) is 0 Å². The van der Waals surface area contributed by atoms with Crippen molar-refractivity contribution in [2.75, 3.05) is 13.2 Å². The van der Waals surface area contributed by atoms with Crippen molar-refractivity contribution < 1.29 is 43.9 Å². The third-order valence-electron chi connectivity index (χ3n) is 3.80. The number of aliphatic hydroxyl groups excluding tert-OH is 3. The number of esters is 2. The number of hydrogen-bond acceptors (Lipinski definition) is 9. The third kappa shape index (κ3) is 5.21. The molecule has 1 heterocycles. The summed E-state index contributed by atoms with van der Waals surface area (Å²) in [4.78, 5) is 36.0. The van der Waals surface area contributed by atoms with Crippen LogP contribution in [0.15, 0.2) is 41.9 Å². The van der Waals surface area contributed by atoms with Crippen molar-refractivity contribution in [3.05, 3.63) is 47.4 Å². The molecule has 1 aliphatic heterocycles. The number of rotatable bonds is 8.